The third-order valence-corrected chi connectivity index (χ3v) is 2.44. The van der Waals surface area contributed by atoms with Gasteiger partial charge >= 0.3 is 0 Å². The number of sulfone groups is 1. The summed E-state index contributed by atoms with van der Waals surface area (Å²) in [5.41, 5.74) is 0. The first-order chi connectivity index (χ1) is 6.47. The highest BCUT2D eigenvalue weighted by molar-refractivity contribution is 7.90. The monoisotopic (exact) mass is 218 g/mol. The lowest BCUT2D eigenvalue weighted by molar-refractivity contribution is 0.585. The van der Waals surface area contributed by atoms with Crippen molar-refractivity contribution >= 4 is 15.7 Å². The molecule has 0 amide bonds. The summed E-state index contributed by atoms with van der Waals surface area (Å²) >= 11 is 0. The van der Waals surface area contributed by atoms with Gasteiger partial charge in [-0.25, -0.2) is 13.4 Å². The minimum Gasteiger partial charge on any atom is -0.369 e. The number of aromatic nitrogens is 1. The Hall–Kier alpha value is -1.17. The van der Waals surface area contributed by atoms with Crippen LogP contribution in [-0.4, -0.2) is 32.0 Å². The highest BCUT2D eigenvalue weighted by Crippen LogP contribution is 2.02. The number of anilines is 1. The van der Waals surface area contributed by atoms with Crippen LogP contribution < -0.4 is 5.32 Å². The summed E-state index contributed by atoms with van der Waals surface area (Å²) < 4.78 is 34.1. The first kappa shape index (κ1) is 10.9. The SMILES string of the molecule is CS(=O)(=O)CCNc1cccc(F)n1. The van der Waals surface area contributed by atoms with Crippen molar-refractivity contribution in [2.24, 2.45) is 0 Å². The Morgan fingerprint density at radius 2 is 2.21 bits per heavy atom. The van der Waals surface area contributed by atoms with Crippen LogP contribution in [0, 0.1) is 5.95 Å². The molecule has 6 heteroatoms. The summed E-state index contributed by atoms with van der Waals surface area (Å²) in [6.45, 7) is 0.231. The van der Waals surface area contributed by atoms with Gasteiger partial charge in [-0.3, -0.25) is 0 Å². The Balaban J connectivity index is 2.47. The van der Waals surface area contributed by atoms with Crippen LogP contribution in [0.25, 0.3) is 0 Å². The maximum absolute atomic E-state index is 12.6. The van der Waals surface area contributed by atoms with Crippen LogP contribution in [0.3, 0.4) is 0 Å². The predicted octanol–water partition coefficient (Wildman–Crippen LogP) is 0.677. The quantitative estimate of drug-likeness (QED) is 0.755. The summed E-state index contributed by atoms with van der Waals surface area (Å²) in [5, 5.41) is 2.71. The number of rotatable bonds is 4. The molecule has 0 bridgehead atoms. The van der Waals surface area contributed by atoms with Crippen LogP contribution in [0.5, 0.6) is 0 Å². The first-order valence-electron chi connectivity index (χ1n) is 4.01. The zero-order chi connectivity index (χ0) is 10.6. The number of halogens is 1. The molecular weight excluding hydrogens is 207 g/mol. The molecule has 0 saturated heterocycles. The van der Waals surface area contributed by atoms with Crippen LogP contribution in [-0.2, 0) is 9.84 Å². The van der Waals surface area contributed by atoms with E-state index in [1.54, 1.807) is 6.07 Å². The van der Waals surface area contributed by atoms with E-state index < -0.39 is 15.8 Å². The van der Waals surface area contributed by atoms with Gasteiger partial charge in [0.25, 0.3) is 0 Å². The Morgan fingerprint density at radius 1 is 1.50 bits per heavy atom. The van der Waals surface area contributed by atoms with Crippen LogP contribution in [0.2, 0.25) is 0 Å². The van der Waals surface area contributed by atoms with Gasteiger partial charge in [0.1, 0.15) is 15.7 Å². The molecule has 4 nitrogen and oxygen atoms in total. The van der Waals surface area contributed by atoms with E-state index in [9.17, 15) is 12.8 Å². The van der Waals surface area contributed by atoms with Crippen LogP contribution in [0.4, 0.5) is 10.2 Å². The molecule has 1 aromatic heterocycles. The smallest absolute Gasteiger partial charge is 0.214 e. The molecule has 1 aromatic rings. The molecule has 0 atom stereocenters. The van der Waals surface area contributed by atoms with E-state index in [4.69, 9.17) is 0 Å². The predicted molar refractivity (Wildman–Crippen MR) is 52.4 cm³/mol. The van der Waals surface area contributed by atoms with Crippen LogP contribution in [0.1, 0.15) is 0 Å². The Morgan fingerprint density at radius 3 is 2.79 bits per heavy atom. The van der Waals surface area contributed by atoms with Gasteiger partial charge in [-0.2, -0.15) is 4.39 Å². The largest absolute Gasteiger partial charge is 0.369 e. The molecule has 0 fully saturated rings. The maximum atomic E-state index is 12.6. The van der Waals surface area contributed by atoms with E-state index in [-0.39, 0.29) is 12.3 Å². The van der Waals surface area contributed by atoms with Crippen molar-refractivity contribution in [2.45, 2.75) is 0 Å². The second-order valence-corrected chi connectivity index (χ2v) is 5.16. The average Bonchev–Trinajstić information content (AvgIpc) is 2.01. The van der Waals surface area contributed by atoms with E-state index in [2.05, 4.69) is 10.3 Å². The van der Waals surface area contributed by atoms with Gasteiger partial charge in [-0.15, -0.1) is 0 Å². The van der Waals surface area contributed by atoms with Gasteiger partial charge in [0.15, 0.2) is 0 Å². The van der Waals surface area contributed by atoms with Gasteiger partial charge < -0.3 is 5.32 Å². The molecule has 0 radical (unpaired) electrons. The molecule has 0 unspecified atom stereocenters. The van der Waals surface area contributed by atoms with Crippen molar-refractivity contribution in [2.75, 3.05) is 23.9 Å². The van der Waals surface area contributed by atoms with E-state index in [0.29, 0.717) is 5.82 Å². The lowest BCUT2D eigenvalue weighted by atomic mass is 10.4. The molecule has 1 heterocycles. The first-order valence-corrected chi connectivity index (χ1v) is 6.07. The van der Waals surface area contributed by atoms with Gasteiger partial charge in [-0.05, 0) is 12.1 Å². The van der Waals surface area contributed by atoms with E-state index in [0.717, 1.165) is 6.26 Å². The zero-order valence-electron chi connectivity index (χ0n) is 7.70. The third-order valence-electron chi connectivity index (χ3n) is 1.49. The molecule has 0 aliphatic rings. The summed E-state index contributed by atoms with van der Waals surface area (Å²) in [5.74, 6) is -0.242. The molecule has 0 aliphatic heterocycles. The lowest BCUT2D eigenvalue weighted by Gasteiger charge is -2.03. The minimum atomic E-state index is -2.99. The van der Waals surface area contributed by atoms with Crippen molar-refractivity contribution < 1.29 is 12.8 Å². The summed E-state index contributed by atoms with van der Waals surface area (Å²) in [6.07, 6.45) is 1.15. The summed E-state index contributed by atoms with van der Waals surface area (Å²) in [6, 6.07) is 4.30. The maximum Gasteiger partial charge on any atom is 0.214 e. The highest BCUT2D eigenvalue weighted by atomic mass is 32.2. The van der Waals surface area contributed by atoms with Crippen molar-refractivity contribution in [1.29, 1.82) is 0 Å². The molecule has 0 aromatic carbocycles. The second-order valence-electron chi connectivity index (χ2n) is 2.90. The van der Waals surface area contributed by atoms with Gasteiger partial charge in [0.2, 0.25) is 5.95 Å². The molecule has 0 saturated carbocycles. The fourth-order valence-corrected chi connectivity index (χ4v) is 1.34. The van der Waals surface area contributed by atoms with Crippen molar-refractivity contribution in [3.05, 3.63) is 24.1 Å². The number of hydrogen-bond donors (Lipinski definition) is 1. The Kier molecular flexibility index (Phi) is 3.40. The van der Waals surface area contributed by atoms with Crippen molar-refractivity contribution in [3.63, 3.8) is 0 Å². The standard InChI is InChI=1S/C8H11FN2O2S/c1-14(12,13)6-5-10-8-4-2-3-7(9)11-8/h2-4H,5-6H2,1H3,(H,10,11). The second kappa shape index (κ2) is 4.36. The molecule has 0 aliphatic carbocycles. The van der Waals surface area contributed by atoms with Crippen LogP contribution in [0.15, 0.2) is 18.2 Å². The van der Waals surface area contributed by atoms with Gasteiger partial charge in [0.05, 0.1) is 5.75 Å². The highest BCUT2D eigenvalue weighted by Gasteiger charge is 2.01. The molecule has 0 spiro atoms. The summed E-state index contributed by atoms with van der Waals surface area (Å²) in [7, 11) is -2.99. The normalized spacial score (nSPS) is 11.3. The fraction of sp³-hybridized carbons (Fsp3) is 0.375. The van der Waals surface area contributed by atoms with E-state index in [1.165, 1.54) is 12.1 Å². The van der Waals surface area contributed by atoms with E-state index in [1.807, 2.05) is 0 Å². The lowest BCUT2D eigenvalue weighted by Crippen LogP contribution is -2.14. The van der Waals surface area contributed by atoms with Crippen molar-refractivity contribution in [1.82, 2.24) is 4.98 Å². The average molecular weight is 218 g/mol. The molecule has 1 rings (SSSR count). The zero-order valence-corrected chi connectivity index (χ0v) is 8.51. The molecular formula is C8H11FN2O2S. The Bertz CT molecular complexity index is 406. The van der Waals surface area contributed by atoms with Gasteiger partial charge in [-0.1, -0.05) is 6.07 Å². The topological polar surface area (TPSA) is 59.1 Å². The molecule has 14 heavy (non-hydrogen) atoms. The number of hydrogen-bond acceptors (Lipinski definition) is 4. The van der Waals surface area contributed by atoms with Crippen molar-refractivity contribution in [3.8, 4) is 0 Å². The van der Waals surface area contributed by atoms with Crippen LogP contribution >= 0.6 is 0 Å². The fourth-order valence-electron chi connectivity index (χ4n) is 0.871. The summed E-state index contributed by atoms with van der Waals surface area (Å²) in [4.78, 5) is 3.52. The molecule has 1 N–H and O–H groups in total. The number of nitrogens with zero attached hydrogens (tertiary/aromatic N) is 1. The number of nitrogens with one attached hydrogen (secondary N) is 1. The van der Waals surface area contributed by atoms with E-state index >= 15 is 0 Å². The minimum absolute atomic E-state index is 0.00515. The molecule has 78 valence electrons. The van der Waals surface area contributed by atoms with Gasteiger partial charge in [0, 0.05) is 12.8 Å². The number of pyridine rings is 1. The Labute approximate surface area is 82.1 Å². The third kappa shape index (κ3) is 4.18.